The van der Waals surface area contributed by atoms with Crippen molar-refractivity contribution in [2.75, 3.05) is 6.54 Å². The van der Waals surface area contributed by atoms with E-state index in [0.29, 0.717) is 24.6 Å². The second kappa shape index (κ2) is 6.60. The van der Waals surface area contributed by atoms with Gasteiger partial charge in [-0.3, -0.25) is 4.79 Å². The lowest BCUT2D eigenvalue weighted by Crippen LogP contribution is -2.27. The number of fused-ring (bicyclic) bond motifs is 1. The predicted octanol–water partition coefficient (Wildman–Crippen LogP) is 2.87. The zero-order chi connectivity index (χ0) is 16.2. The van der Waals surface area contributed by atoms with E-state index in [4.69, 9.17) is 0 Å². The van der Waals surface area contributed by atoms with Crippen LogP contribution in [0.15, 0.2) is 48.5 Å². The minimum Gasteiger partial charge on any atom is -0.352 e. The number of rotatable bonds is 5. The Hall–Kier alpha value is -2.69. The standard InChI is InChI=1S/C18H20N4O/c1-13(2)11-19-18(23)15-9-7-14(8-10-15)12-22-17-6-4-3-5-16(17)20-21-22/h3-10,13H,11-12H2,1-2H3,(H,19,23). The topological polar surface area (TPSA) is 59.8 Å². The van der Waals surface area contributed by atoms with E-state index < -0.39 is 0 Å². The van der Waals surface area contributed by atoms with E-state index in [1.54, 1.807) is 0 Å². The fourth-order valence-corrected chi connectivity index (χ4v) is 2.37. The van der Waals surface area contributed by atoms with Gasteiger partial charge < -0.3 is 5.32 Å². The Labute approximate surface area is 135 Å². The van der Waals surface area contributed by atoms with Crippen molar-refractivity contribution >= 4 is 16.9 Å². The highest BCUT2D eigenvalue weighted by Crippen LogP contribution is 2.13. The number of nitrogens with zero attached hydrogens (tertiary/aromatic N) is 3. The number of aromatic nitrogens is 3. The third-order valence-corrected chi connectivity index (χ3v) is 3.64. The van der Waals surface area contributed by atoms with Crippen molar-refractivity contribution in [3.05, 3.63) is 59.7 Å². The van der Waals surface area contributed by atoms with Gasteiger partial charge in [0.1, 0.15) is 5.52 Å². The van der Waals surface area contributed by atoms with Crippen molar-refractivity contribution in [1.29, 1.82) is 0 Å². The van der Waals surface area contributed by atoms with E-state index >= 15 is 0 Å². The van der Waals surface area contributed by atoms with Gasteiger partial charge in [-0.1, -0.05) is 43.3 Å². The number of benzene rings is 2. The maximum Gasteiger partial charge on any atom is 0.251 e. The van der Waals surface area contributed by atoms with Crippen molar-refractivity contribution in [1.82, 2.24) is 20.3 Å². The molecule has 118 valence electrons. The van der Waals surface area contributed by atoms with E-state index in [1.165, 1.54) is 0 Å². The minimum atomic E-state index is -0.0311. The van der Waals surface area contributed by atoms with Crippen LogP contribution in [0.4, 0.5) is 0 Å². The summed E-state index contributed by atoms with van der Waals surface area (Å²) >= 11 is 0. The molecule has 0 atom stereocenters. The van der Waals surface area contributed by atoms with Crippen molar-refractivity contribution in [2.45, 2.75) is 20.4 Å². The molecule has 0 bridgehead atoms. The third kappa shape index (κ3) is 3.56. The molecular weight excluding hydrogens is 288 g/mol. The molecule has 0 aliphatic rings. The van der Waals surface area contributed by atoms with Gasteiger partial charge in [0, 0.05) is 12.1 Å². The van der Waals surface area contributed by atoms with Gasteiger partial charge in [-0.05, 0) is 35.7 Å². The van der Waals surface area contributed by atoms with Gasteiger partial charge in [-0.25, -0.2) is 4.68 Å². The second-order valence-electron chi connectivity index (χ2n) is 6.04. The molecule has 0 spiro atoms. The van der Waals surface area contributed by atoms with Crippen LogP contribution in [0.3, 0.4) is 0 Å². The van der Waals surface area contributed by atoms with Gasteiger partial charge >= 0.3 is 0 Å². The first kappa shape index (κ1) is 15.2. The van der Waals surface area contributed by atoms with Crippen LogP contribution in [-0.2, 0) is 6.54 Å². The Morgan fingerprint density at radius 1 is 1.13 bits per heavy atom. The van der Waals surface area contributed by atoms with Crippen molar-refractivity contribution in [3.63, 3.8) is 0 Å². The van der Waals surface area contributed by atoms with Crippen LogP contribution < -0.4 is 5.32 Å². The smallest absolute Gasteiger partial charge is 0.251 e. The number of carbonyl (C=O) groups excluding carboxylic acids is 1. The largest absolute Gasteiger partial charge is 0.352 e. The summed E-state index contributed by atoms with van der Waals surface area (Å²) in [4.78, 5) is 12.0. The number of amides is 1. The van der Waals surface area contributed by atoms with Gasteiger partial charge in [0.2, 0.25) is 0 Å². The Kier molecular flexibility index (Phi) is 4.37. The van der Waals surface area contributed by atoms with Gasteiger partial charge in [0.25, 0.3) is 5.91 Å². The number of hydrogen-bond donors (Lipinski definition) is 1. The molecule has 1 heterocycles. The lowest BCUT2D eigenvalue weighted by molar-refractivity contribution is 0.0949. The van der Waals surface area contributed by atoms with Crippen LogP contribution in [0.1, 0.15) is 29.8 Å². The zero-order valence-electron chi connectivity index (χ0n) is 13.4. The van der Waals surface area contributed by atoms with E-state index in [0.717, 1.165) is 16.6 Å². The number of hydrogen-bond acceptors (Lipinski definition) is 3. The Bertz CT molecular complexity index is 805. The molecule has 2 aromatic carbocycles. The van der Waals surface area contributed by atoms with Crippen LogP contribution >= 0.6 is 0 Å². The number of carbonyl (C=O) groups is 1. The molecular formula is C18H20N4O. The summed E-state index contributed by atoms with van der Waals surface area (Å²) in [5.74, 6) is 0.412. The van der Waals surface area contributed by atoms with E-state index in [9.17, 15) is 4.79 Å². The highest BCUT2D eigenvalue weighted by molar-refractivity contribution is 5.94. The van der Waals surface area contributed by atoms with E-state index in [1.807, 2.05) is 53.2 Å². The molecule has 0 saturated heterocycles. The third-order valence-electron chi connectivity index (χ3n) is 3.64. The molecule has 0 saturated carbocycles. The highest BCUT2D eigenvalue weighted by Gasteiger charge is 2.07. The number of para-hydroxylation sites is 1. The highest BCUT2D eigenvalue weighted by atomic mass is 16.1. The van der Waals surface area contributed by atoms with Crippen LogP contribution in [0.2, 0.25) is 0 Å². The predicted molar refractivity (Wildman–Crippen MR) is 90.2 cm³/mol. The van der Waals surface area contributed by atoms with E-state index in [-0.39, 0.29) is 5.91 Å². The summed E-state index contributed by atoms with van der Waals surface area (Å²) in [5, 5.41) is 11.3. The van der Waals surface area contributed by atoms with Crippen LogP contribution in [0.5, 0.6) is 0 Å². The van der Waals surface area contributed by atoms with Gasteiger partial charge in [0.05, 0.1) is 12.1 Å². The van der Waals surface area contributed by atoms with Crippen molar-refractivity contribution < 1.29 is 4.79 Å². The first-order valence-corrected chi connectivity index (χ1v) is 7.79. The summed E-state index contributed by atoms with van der Waals surface area (Å²) in [7, 11) is 0. The Morgan fingerprint density at radius 2 is 1.87 bits per heavy atom. The van der Waals surface area contributed by atoms with E-state index in [2.05, 4.69) is 29.5 Å². The molecule has 1 N–H and O–H groups in total. The fourth-order valence-electron chi connectivity index (χ4n) is 2.37. The van der Waals surface area contributed by atoms with Gasteiger partial charge in [-0.15, -0.1) is 5.10 Å². The van der Waals surface area contributed by atoms with Crippen LogP contribution in [0, 0.1) is 5.92 Å². The molecule has 1 amide bonds. The second-order valence-corrected chi connectivity index (χ2v) is 6.04. The quantitative estimate of drug-likeness (QED) is 0.788. The molecule has 0 aliphatic heterocycles. The van der Waals surface area contributed by atoms with Crippen molar-refractivity contribution in [2.24, 2.45) is 5.92 Å². The summed E-state index contributed by atoms with van der Waals surface area (Å²) in [6, 6.07) is 15.5. The van der Waals surface area contributed by atoms with Crippen LogP contribution in [0.25, 0.3) is 11.0 Å². The monoisotopic (exact) mass is 308 g/mol. The molecule has 5 nitrogen and oxygen atoms in total. The zero-order valence-corrected chi connectivity index (χ0v) is 13.4. The first-order valence-electron chi connectivity index (χ1n) is 7.79. The maximum atomic E-state index is 12.0. The molecule has 0 unspecified atom stereocenters. The normalized spacial score (nSPS) is 11.1. The summed E-state index contributed by atoms with van der Waals surface area (Å²) in [5.41, 5.74) is 3.65. The van der Waals surface area contributed by atoms with Gasteiger partial charge in [-0.2, -0.15) is 0 Å². The molecule has 5 heteroatoms. The SMILES string of the molecule is CC(C)CNC(=O)c1ccc(Cn2nnc3ccccc32)cc1. The summed E-state index contributed by atoms with van der Waals surface area (Å²) in [6.07, 6.45) is 0. The molecule has 1 aromatic heterocycles. The molecule has 3 rings (SSSR count). The fraction of sp³-hybridized carbons (Fsp3) is 0.278. The summed E-state index contributed by atoms with van der Waals surface area (Å²) in [6.45, 7) is 5.47. The van der Waals surface area contributed by atoms with Gasteiger partial charge in [0.15, 0.2) is 0 Å². The average Bonchev–Trinajstić information content (AvgIpc) is 2.96. The maximum absolute atomic E-state index is 12.0. The lowest BCUT2D eigenvalue weighted by atomic mass is 10.1. The first-order chi connectivity index (χ1) is 11.1. The summed E-state index contributed by atoms with van der Waals surface area (Å²) < 4.78 is 1.86. The number of nitrogens with one attached hydrogen (secondary N) is 1. The molecule has 23 heavy (non-hydrogen) atoms. The molecule has 3 aromatic rings. The van der Waals surface area contributed by atoms with Crippen molar-refractivity contribution in [3.8, 4) is 0 Å². The minimum absolute atomic E-state index is 0.0311. The molecule has 0 aliphatic carbocycles. The van der Waals surface area contributed by atoms with Crippen LogP contribution in [-0.4, -0.2) is 27.4 Å². The molecule has 0 fully saturated rings. The average molecular weight is 308 g/mol. The Balaban J connectivity index is 1.71. The molecule has 0 radical (unpaired) electrons. The lowest BCUT2D eigenvalue weighted by Gasteiger charge is -2.08. The Morgan fingerprint density at radius 3 is 2.61 bits per heavy atom.